The van der Waals surface area contributed by atoms with E-state index in [9.17, 15) is 0 Å². The molecule has 1 rings (SSSR count). The van der Waals surface area contributed by atoms with Crippen LogP contribution in [-0.4, -0.2) is 7.11 Å². The maximum absolute atomic E-state index is 6.02. The lowest BCUT2D eigenvalue weighted by Gasteiger charge is -2.23. The van der Waals surface area contributed by atoms with E-state index in [1.807, 2.05) is 39.0 Å². The summed E-state index contributed by atoms with van der Waals surface area (Å²) in [6, 6.07) is 6.03. The number of ether oxygens (including phenoxy) is 1. The van der Waals surface area contributed by atoms with Crippen LogP contribution in [0.5, 0.6) is 5.75 Å². The summed E-state index contributed by atoms with van der Waals surface area (Å²) in [6.45, 7) is 5.97. The molecule has 0 aliphatic heterocycles. The average Bonchev–Trinajstić information content (AvgIpc) is 2.02. The van der Waals surface area contributed by atoms with Crippen LogP contribution >= 0.6 is 12.4 Å². The van der Waals surface area contributed by atoms with Crippen LogP contribution in [0.2, 0.25) is 0 Å². The molecule has 1 aromatic rings. The zero-order chi connectivity index (χ0) is 10.1. The summed E-state index contributed by atoms with van der Waals surface area (Å²) >= 11 is 0. The minimum Gasteiger partial charge on any atom is -0.496 e. The molecule has 14 heavy (non-hydrogen) atoms. The van der Waals surface area contributed by atoms with Crippen LogP contribution in [0, 0.1) is 6.92 Å². The van der Waals surface area contributed by atoms with Crippen LogP contribution < -0.4 is 10.5 Å². The normalized spacial score (nSPS) is 10.6. The van der Waals surface area contributed by atoms with Gasteiger partial charge in [-0.25, -0.2) is 0 Å². The van der Waals surface area contributed by atoms with Gasteiger partial charge in [-0.3, -0.25) is 0 Å². The molecular weight excluding hydrogens is 198 g/mol. The van der Waals surface area contributed by atoms with Crippen LogP contribution in [-0.2, 0) is 5.54 Å². The molecule has 0 heterocycles. The Kier molecular flexibility index (Phi) is 4.43. The Balaban J connectivity index is 0.00000169. The number of benzene rings is 1. The monoisotopic (exact) mass is 215 g/mol. The van der Waals surface area contributed by atoms with Crippen molar-refractivity contribution in [3.05, 3.63) is 29.3 Å². The number of halogens is 1. The maximum Gasteiger partial charge on any atom is 0.126 e. The van der Waals surface area contributed by atoms with E-state index >= 15 is 0 Å². The second-order valence-corrected chi connectivity index (χ2v) is 3.88. The minimum atomic E-state index is -0.350. The summed E-state index contributed by atoms with van der Waals surface area (Å²) in [4.78, 5) is 0. The first-order chi connectivity index (χ1) is 5.96. The Labute approximate surface area is 91.9 Å². The first-order valence-corrected chi connectivity index (χ1v) is 4.40. The van der Waals surface area contributed by atoms with Gasteiger partial charge in [0.15, 0.2) is 0 Å². The van der Waals surface area contributed by atoms with Crippen molar-refractivity contribution in [1.82, 2.24) is 0 Å². The number of rotatable bonds is 2. The molecule has 0 unspecified atom stereocenters. The fraction of sp³-hybridized carbons (Fsp3) is 0.455. The lowest BCUT2D eigenvalue weighted by atomic mass is 9.93. The molecule has 0 amide bonds. The van der Waals surface area contributed by atoms with Gasteiger partial charge >= 0.3 is 0 Å². The molecule has 2 N–H and O–H groups in total. The van der Waals surface area contributed by atoms with Crippen LogP contribution in [0.1, 0.15) is 25.0 Å². The quantitative estimate of drug-likeness (QED) is 0.823. The van der Waals surface area contributed by atoms with E-state index in [1.165, 1.54) is 0 Å². The van der Waals surface area contributed by atoms with Gasteiger partial charge in [-0.15, -0.1) is 12.4 Å². The van der Waals surface area contributed by atoms with Crippen molar-refractivity contribution in [1.29, 1.82) is 0 Å². The lowest BCUT2D eigenvalue weighted by molar-refractivity contribution is 0.391. The van der Waals surface area contributed by atoms with Crippen molar-refractivity contribution in [3.63, 3.8) is 0 Å². The highest BCUT2D eigenvalue weighted by Gasteiger charge is 2.19. The molecule has 2 nitrogen and oxygen atoms in total. The summed E-state index contributed by atoms with van der Waals surface area (Å²) < 4.78 is 5.32. The lowest BCUT2D eigenvalue weighted by Crippen LogP contribution is -2.29. The van der Waals surface area contributed by atoms with E-state index in [4.69, 9.17) is 10.5 Å². The van der Waals surface area contributed by atoms with Gasteiger partial charge < -0.3 is 10.5 Å². The molecule has 0 aromatic heterocycles. The molecule has 0 aliphatic carbocycles. The number of hydrogen-bond acceptors (Lipinski definition) is 2. The van der Waals surface area contributed by atoms with Gasteiger partial charge in [0.2, 0.25) is 0 Å². The zero-order valence-electron chi connectivity index (χ0n) is 9.13. The van der Waals surface area contributed by atoms with Crippen LogP contribution in [0.25, 0.3) is 0 Å². The molecule has 0 fully saturated rings. The van der Waals surface area contributed by atoms with Gasteiger partial charge in [0, 0.05) is 11.1 Å². The van der Waals surface area contributed by atoms with E-state index in [0.29, 0.717) is 0 Å². The van der Waals surface area contributed by atoms with Crippen LogP contribution in [0.3, 0.4) is 0 Å². The molecule has 0 bridgehead atoms. The molecular formula is C11H18ClNO. The smallest absolute Gasteiger partial charge is 0.126 e. The number of methoxy groups -OCH3 is 1. The molecule has 0 saturated carbocycles. The van der Waals surface area contributed by atoms with E-state index in [2.05, 4.69) is 0 Å². The number of para-hydroxylation sites is 1. The van der Waals surface area contributed by atoms with Crippen molar-refractivity contribution >= 4 is 12.4 Å². The van der Waals surface area contributed by atoms with Crippen molar-refractivity contribution < 1.29 is 4.74 Å². The van der Waals surface area contributed by atoms with Crippen LogP contribution in [0.15, 0.2) is 18.2 Å². The highest BCUT2D eigenvalue weighted by Crippen LogP contribution is 2.30. The second kappa shape index (κ2) is 4.67. The highest BCUT2D eigenvalue weighted by molar-refractivity contribution is 5.85. The predicted molar refractivity (Wildman–Crippen MR) is 62.2 cm³/mol. The molecule has 0 saturated heterocycles. The van der Waals surface area contributed by atoms with Crippen LogP contribution in [0.4, 0.5) is 0 Å². The van der Waals surface area contributed by atoms with Crippen molar-refractivity contribution in [2.75, 3.05) is 7.11 Å². The molecule has 0 radical (unpaired) electrons. The zero-order valence-corrected chi connectivity index (χ0v) is 9.94. The van der Waals surface area contributed by atoms with E-state index in [0.717, 1.165) is 16.9 Å². The number of nitrogens with two attached hydrogens (primary N) is 1. The van der Waals surface area contributed by atoms with Gasteiger partial charge in [0.1, 0.15) is 5.75 Å². The SMILES string of the molecule is COc1c(C)cccc1C(C)(C)N.Cl. The standard InChI is InChI=1S/C11H17NO.ClH/c1-8-6-5-7-9(10(8)13-4)11(2,3)12;/h5-7H,12H2,1-4H3;1H. The topological polar surface area (TPSA) is 35.2 Å². The summed E-state index contributed by atoms with van der Waals surface area (Å²) in [5, 5.41) is 0. The van der Waals surface area contributed by atoms with Gasteiger partial charge in [0.05, 0.1) is 7.11 Å². The molecule has 1 aromatic carbocycles. The Bertz CT molecular complexity index is 305. The molecule has 3 heteroatoms. The second-order valence-electron chi connectivity index (χ2n) is 3.88. The predicted octanol–water partition coefficient (Wildman–Crippen LogP) is 2.62. The summed E-state index contributed by atoms with van der Waals surface area (Å²) in [6.07, 6.45) is 0. The van der Waals surface area contributed by atoms with Crippen molar-refractivity contribution in [2.24, 2.45) is 5.73 Å². The number of hydrogen-bond donors (Lipinski definition) is 1. The Morgan fingerprint density at radius 3 is 2.21 bits per heavy atom. The molecule has 80 valence electrons. The van der Waals surface area contributed by atoms with Gasteiger partial charge in [0.25, 0.3) is 0 Å². The minimum absolute atomic E-state index is 0. The highest BCUT2D eigenvalue weighted by atomic mass is 35.5. The van der Waals surface area contributed by atoms with Gasteiger partial charge in [-0.05, 0) is 26.3 Å². The Morgan fingerprint density at radius 1 is 1.29 bits per heavy atom. The van der Waals surface area contributed by atoms with Gasteiger partial charge in [-0.1, -0.05) is 18.2 Å². The largest absolute Gasteiger partial charge is 0.496 e. The van der Waals surface area contributed by atoms with E-state index in [-0.39, 0.29) is 17.9 Å². The summed E-state index contributed by atoms with van der Waals surface area (Å²) in [5.41, 5.74) is 7.85. The maximum atomic E-state index is 6.02. The first-order valence-electron chi connectivity index (χ1n) is 4.40. The Morgan fingerprint density at radius 2 is 1.86 bits per heavy atom. The number of aryl methyl sites for hydroxylation is 1. The third-order valence-electron chi connectivity index (χ3n) is 2.11. The fourth-order valence-corrected chi connectivity index (χ4v) is 1.43. The molecule has 0 atom stereocenters. The summed E-state index contributed by atoms with van der Waals surface area (Å²) in [5.74, 6) is 0.898. The van der Waals surface area contributed by atoms with Crippen molar-refractivity contribution in [2.45, 2.75) is 26.3 Å². The third-order valence-corrected chi connectivity index (χ3v) is 2.11. The first kappa shape index (κ1) is 13.3. The Hall–Kier alpha value is -0.730. The summed E-state index contributed by atoms with van der Waals surface area (Å²) in [7, 11) is 1.68. The molecule has 0 aliphatic rings. The van der Waals surface area contributed by atoms with Crippen molar-refractivity contribution in [3.8, 4) is 5.75 Å². The van der Waals surface area contributed by atoms with E-state index in [1.54, 1.807) is 7.11 Å². The third kappa shape index (κ3) is 2.63. The molecule has 0 spiro atoms. The van der Waals surface area contributed by atoms with Gasteiger partial charge in [-0.2, -0.15) is 0 Å². The fourth-order valence-electron chi connectivity index (χ4n) is 1.43. The van der Waals surface area contributed by atoms with E-state index < -0.39 is 0 Å². The average molecular weight is 216 g/mol.